The third-order valence-electron chi connectivity index (χ3n) is 4.51. The van der Waals surface area contributed by atoms with Gasteiger partial charge < -0.3 is 4.90 Å². The second kappa shape index (κ2) is 5.27. The van der Waals surface area contributed by atoms with E-state index in [1.165, 1.54) is 37.9 Å². The van der Waals surface area contributed by atoms with Gasteiger partial charge in [0.2, 0.25) is 0 Å². The topological polar surface area (TPSA) is 33.2 Å². The summed E-state index contributed by atoms with van der Waals surface area (Å²) in [5.41, 5.74) is 0.167. The van der Waals surface area contributed by atoms with Crippen LogP contribution in [-0.4, -0.2) is 28.4 Å². The minimum Gasteiger partial charge on any atom is -0.335 e. The molecule has 1 unspecified atom stereocenters. The zero-order valence-corrected chi connectivity index (χ0v) is 11.0. The van der Waals surface area contributed by atoms with Crippen LogP contribution in [0.3, 0.4) is 0 Å². The molecule has 2 aliphatic rings. The zero-order chi connectivity index (χ0) is 13.2. The third kappa shape index (κ3) is 2.36. The lowest BCUT2D eigenvalue weighted by atomic mass is 9.95. The molecule has 0 bridgehead atoms. The van der Waals surface area contributed by atoms with Crippen molar-refractivity contribution in [3.05, 3.63) is 29.8 Å². The summed E-state index contributed by atoms with van der Waals surface area (Å²) in [6, 6.07) is 1.81. The van der Waals surface area contributed by atoms with Crippen molar-refractivity contribution in [3.8, 4) is 0 Å². The number of nitrogens with zero attached hydrogens (tertiary/aromatic N) is 2. The van der Waals surface area contributed by atoms with E-state index in [-0.39, 0.29) is 11.5 Å². The van der Waals surface area contributed by atoms with Gasteiger partial charge >= 0.3 is 0 Å². The van der Waals surface area contributed by atoms with Gasteiger partial charge in [0, 0.05) is 18.8 Å². The van der Waals surface area contributed by atoms with Crippen LogP contribution in [0.2, 0.25) is 0 Å². The quantitative estimate of drug-likeness (QED) is 0.820. The summed E-state index contributed by atoms with van der Waals surface area (Å²) >= 11 is 0. The van der Waals surface area contributed by atoms with Crippen molar-refractivity contribution in [1.29, 1.82) is 0 Å². The fraction of sp³-hybridized carbons (Fsp3) is 0.600. The van der Waals surface area contributed by atoms with Crippen LogP contribution in [0.5, 0.6) is 0 Å². The number of likely N-dealkylation sites (tertiary alicyclic amines) is 1. The third-order valence-corrected chi connectivity index (χ3v) is 4.51. The predicted octanol–water partition coefficient (Wildman–Crippen LogP) is 3.02. The number of pyridine rings is 1. The molecule has 2 heterocycles. The lowest BCUT2D eigenvalue weighted by Crippen LogP contribution is -2.39. The number of hydrogen-bond acceptors (Lipinski definition) is 2. The molecule has 1 aromatic rings. The smallest absolute Gasteiger partial charge is 0.257 e. The molecule has 1 aliphatic heterocycles. The maximum atomic E-state index is 13.7. The van der Waals surface area contributed by atoms with Crippen molar-refractivity contribution in [2.75, 3.05) is 6.54 Å². The van der Waals surface area contributed by atoms with Gasteiger partial charge in [-0.3, -0.25) is 9.78 Å². The van der Waals surface area contributed by atoms with Gasteiger partial charge in [0.1, 0.15) is 0 Å². The van der Waals surface area contributed by atoms with Gasteiger partial charge in [0.15, 0.2) is 5.82 Å². The molecule has 102 valence electrons. The fourth-order valence-corrected chi connectivity index (χ4v) is 3.58. The number of hydrogen-bond donors (Lipinski definition) is 0. The summed E-state index contributed by atoms with van der Waals surface area (Å²) in [5, 5.41) is 0. The molecule has 0 N–H and O–H groups in total. The molecule has 1 amide bonds. The van der Waals surface area contributed by atoms with Gasteiger partial charge in [-0.1, -0.05) is 12.8 Å². The van der Waals surface area contributed by atoms with Crippen molar-refractivity contribution in [2.45, 2.75) is 44.6 Å². The Morgan fingerprint density at radius 2 is 2.05 bits per heavy atom. The largest absolute Gasteiger partial charge is 0.335 e. The average Bonchev–Trinajstić information content (AvgIpc) is 3.09. The molecule has 3 rings (SSSR count). The van der Waals surface area contributed by atoms with E-state index >= 15 is 0 Å². The van der Waals surface area contributed by atoms with E-state index in [9.17, 15) is 9.18 Å². The Labute approximate surface area is 112 Å². The van der Waals surface area contributed by atoms with Gasteiger partial charge in [0.25, 0.3) is 5.91 Å². The molecule has 19 heavy (non-hydrogen) atoms. The molecule has 1 atom stereocenters. The van der Waals surface area contributed by atoms with Crippen molar-refractivity contribution in [2.24, 2.45) is 5.92 Å². The van der Waals surface area contributed by atoms with E-state index in [0.29, 0.717) is 12.0 Å². The molecule has 1 saturated heterocycles. The molecule has 3 nitrogen and oxygen atoms in total. The molecule has 1 aliphatic carbocycles. The fourth-order valence-electron chi connectivity index (χ4n) is 3.58. The minimum absolute atomic E-state index is 0.158. The van der Waals surface area contributed by atoms with Crippen LogP contribution >= 0.6 is 0 Å². The first kappa shape index (κ1) is 12.6. The Morgan fingerprint density at radius 3 is 2.79 bits per heavy atom. The highest BCUT2D eigenvalue weighted by Gasteiger charge is 2.36. The first-order valence-corrected chi connectivity index (χ1v) is 7.18. The van der Waals surface area contributed by atoms with Crippen molar-refractivity contribution < 1.29 is 9.18 Å². The number of amides is 1. The summed E-state index contributed by atoms with van der Waals surface area (Å²) in [4.78, 5) is 18.1. The van der Waals surface area contributed by atoms with Crippen LogP contribution < -0.4 is 0 Å². The number of aromatic nitrogens is 1. The maximum absolute atomic E-state index is 13.7. The molecule has 0 radical (unpaired) electrons. The highest BCUT2D eigenvalue weighted by atomic mass is 19.1. The standard InChI is InChI=1S/C15H19FN2O/c16-13-10-17-8-7-12(13)15(19)18-9-3-6-14(18)11-4-1-2-5-11/h7-8,10-11,14H,1-6,9H2. The Hall–Kier alpha value is -1.45. The monoisotopic (exact) mass is 262 g/mol. The average molecular weight is 262 g/mol. The SMILES string of the molecule is O=C(c1ccncc1F)N1CCCC1C1CCCC1. The normalized spacial score (nSPS) is 24.1. The van der Waals surface area contributed by atoms with Crippen LogP contribution in [0.25, 0.3) is 0 Å². The van der Waals surface area contributed by atoms with E-state index in [1.54, 1.807) is 0 Å². The second-order valence-corrected chi connectivity index (χ2v) is 5.61. The van der Waals surface area contributed by atoms with Gasteiger partial charge in [-0.15, -0.1) is 0 Å². The summed E-state index contributed by atoms with van der Waals surface area (Å²) in [6.45, 7) is 0.766. The second-order valence-electron chi connectivity index (χ2n) is 5.61. The molecule has 1 saturated carbocycles. The van der Waals surface area contributed by atoms with Crippen LogP contribution in [0.1, 0.15) is 48.9 Å². The summed E-state index contributed by atoms with van der Waals surface area (Å²) in [5.74, 6) is -0.0461. The van der Waals surface area contributed by atoms with Gasteiger partial charge in [-0.05, 0) is 37.7 Å². The molecule has 2 fully saturated rings. The maximum Gasteiger partial charge on any atom is 0.257 e. The molecule has 4 heteroatoms. The molecule has 0 aromatic carbocycles. The molecular weight excluding hydrogens is 243 g/mol. The van der Waals surface area contributed by atoms with Crippen molar-refractivity contribution in [1.82, 2.24) is 9.88 Å². The summed E-state index contributed by atoms with van der Waals surface area (Å²) in [7, 11) is 0. The Bertz CT molecular complexity index is 471. The van der Waals surface area contributed by atoms with E-state index in [1.807, 2.05) is 4.90 Å². The van der Waals surface area contributed by atoms with Gasteiger partial charge in [-0.25, -0.2) is 4.39 Å². The van der Waals surface area contributed by atoms with E-state index in [4.69, 9.17) is 0 Å². The first-order chi connectivity index (χ1) is 9.27. The van der Waals surface area contributed by atoms with Crippen molar-refractivity contribution in [3.63, 3.8) is 0 Å². The first-order valence-electron chi connectivity index (χ1n) is 7.18. The predicted molar refractivity (Wildman–Crippen MR) is 70.2 cm³/mol. The Morgan fingerprint density at radius 1 is 1.26 bits per heavy atom. The minimum atomic E-state index is -0.510. The Balaban J connectivity index is 1.80. The lowest BCUT2D eigenvalue weighted by Gasteiger charge is -2.29. The number of halogens is 1. The molecular formula is C15H19FN2O. The van der Waals surface area contributed by atoms with E-state index < -0.39 is 5.82 Å². The van der Waals surface area contributed by atoms with Crippen LogP contribution in [0.15, 0.2) is 18.5 Å². The van der Waals surface area contributed by atoms with E-state index in [2.05, 4.69) is 4.98 Å². The molecule has 0 spiro atoms. The van der Waals surface area contributed by atoms with Gasteiger partial charge in [-0.2, -0.15) is 0 Å². The van der Waals surface area contributed by atoms with Gasteiger partial charge in [0.05, 0.1) is 11.8 Å². The summed E-state index contributed by atoms with van der Waals surface area (Å²) < 4.78 is 13.7. The number of carbonyl (C=O) groups excluding carboxylic acids is 1. The number of carbonyl (C=O) groups is 1. The Kier molecular flexibility index (Phi) is 3.49. The summed E-state index contributed by atoms with van der Waals surface area (Å²) in [6.07, 6.45) is 9.69. The number of rotatable bonds is 2. The van der Waals surface area contributed by atoms with Crippen LogP contribution in [-0.2, 0) is 0 Å². The lowest BCUT2D eigenvalue weighted by molar-refractivity contribution is 0.0684. The van der Waals surface area contributed by atoms with Crippen LogP contribution in [0, 0.1) is 11.7 Å². The molecule has 1 aromatic heterocycles. The zero-order valence-electron chi connectivity index (χ0n) is 11.0. The highest BCUT2D eigenvalue weighted by Crippen LogP contribution is 2.36. The highest BCUT2D eigenvalue weighted by molar-refractivity contribution is 5.94. The van der Waals surface area contributed by atoms with Crippen molar-refractivity contribution >= 4 is 5.91 Å². The van der Waals surface area contributed by atoms with E-state index in [0.717, 1.165) is 25.6 Å². The van der Waals surface area contributed by atoms with Crippen LogP contribution in [0.4, 0.5) is 4.39 Å².